The van der Waals surface area contributed by atoms with Gasteiger partial charge in [0.15, 0.2) is 0 Å². The lowest BCUT2D eigenvalue weighted by Crippen LogP contribution is -2.33. The lowest BCUT2D eigenvalue weighted by atomic mass is 10.0. The summed E-state index contributed by atoms with van der Waals surface area (Å²) in [5.41, 5.74) is 2.57. The number of benzene rings is 1. The highest BCUT2D eigenvalue weighted by atomic mass is 16.5. The highest BCUT2D eigenvalue weighted by Crippen LogP contribution is 2.23. The summed E-state index contributed by atoms with van der Waals surface area (Å²) in [6, 6.07) is 7.28. The second-order valence-corrected chi connectivity index (χ2v) is 4.83. The highest BCUT2D eigenvalue weighted by Gasteiger charge is 2.11. The van der Waals surface area contributed by atoms with Crippen molar-refractivity contribution in [1.29, 1.82) is 0 Å². The zero-order chi connectivity index (χ0) is 13.5. The summed E-state index contributed by atoms with van der Waals surface area (Å²) < 4.78 is 5.37. The average molecular weight is 250 g/mol. The van der Waals surface area contributed by atoms with Gasteiger partial charge in [0.2, 0.25) is 0 Å². The predicted molar refractivity (Wildman–Crippen MR) is 77.3 cm³/mol. The van der Waals surface area contributed by atoms with Gasteiger partial charge in [0.25, 0.3) is 0 Å². The van der Waals surface area contributed by atoms with Crippen LogP contribution in [-0.2, 0) is 6.42 Å². The van der Waals surface area contributed by atoms with Crippen molar-refractivity contribution < 1.29 is 4.74 Å². The maximum absolute atomic E-state index is 5.37. The van der Waals surface area contributed by atoms with Crippen molar-refractivity contribution in [2.24, 2.45) is 0 Å². The second-order valence-electron chi connectivity index (χ2n) is 4.83. The smallest absolute Gasteiger partial charge is 0.122 e. The fourth-order valence-electron chi connectivity index (χ4n) is 2.03. The Morgan fingerprint density at radius 3 is 2.50 bits per heavy atom. The van der Waals surface area contributed by atoms with Crippen LogP contribution in [-0.4, -0.2) is 26.7 Å². The van der Waals surface area contributed by atoms with E-state index in [9.17, 15) is 0 Å². The average Bonchev–Trinajstić information content (AvgIpc) is 2.38. The Morgan fingerprint density at radius 1 is 1.28 bits per heavy atom. The van der Waals surface area contributed by atoms with E-state index in [0.29, 0.717) is 12.1 Å². The lowest BCUT2D eigenvalue weighted by molar-refractivity contribution is 0.409. The van der Waals surface area contributed by atoms with Gasteiger partial charge in [0.1, 0.15) is 5.75 Å². The van der Waals surface area contributed by atoms with Gasteiger partial charge < -0.3 is 15.4 Å². The zero-order valence-electron chi connectivity index (χ0n) is 12.2. The van der Waals surface area contributed by atoms with Gasteiger partial charge in [0.05, 0.1) is 7.11 Å². The minimum Gasteiger partial charge on any atom is -0.496 e. The minimum atomic E-state index is 0.337. The van der Waals surface area contributed by atoms with Crippen LogP contribution in [0.4, 0.5) is 0 Å². The monoisotopic (exact) mass is 250 g/mol. The normalized spacial score (nSPS) is 12.8. The molecule has 102 valence electrons. The molecule has 0 bridgehead atoms. The third-order valence-corrected chi connectivity index (χ3v) is 3.17. The molecule has 1 atom stereocenters. The SMILES string of the molecule is CCc1cc(C(CNC(C)C)NC)ccc1OC. The molecule has 0 amide bonds. The Labute approximate surface area is 111 Å². The van der Waals surface area contributed by atoms with Crippen molar-refractivity contribution in [1.82, 2.24) is 10.6 Å². The van der Waals surface area contributed by atoms with E-state index in [1.54, 1.807) is 7.11 Å². The lowest BCUT2D eigenvalue weighted by Gasteiger charge is -2.20. The molecule has 0 heterocycles. The molecule has 2 N–H and O–H groups in total. The summed E-state index contributed by atoms with van der Waals surface area (Å²) in [4.78, 5) is 0. The maximum Gasteiger partial charge on any atom is 0.122 e. The number of hydrogen-bond acceptors (Lipinski definition) is 3. The Bertz CT molecular complexity index is 364. The first-order valence-electron chi connectivity index (χ1n) is 6.69. The minimum absolute atomic E-state index is 0.337. The largest absolute Gasteiger partial charge is 0.496 e. The van der Waals surface area contributed by atoms with Crippen LogP contribution in [0.2, 0.25) is 0 Å². The van der Waals surface area contributed by atoms with E-state index in [1.807, 2.05) is 7.05 Å². The van der Waals surface area contributed by atoms with Gasteiger partial charge in [-0.1, -0.05) is 32.9 Å². The molecule has 0 radical (unpaired) electrons. The van der Waals surface area contributed by atoms with E-state index in [0.717, 1.165) is 18.7 Å². The predicted octanol–water partition coefficient (Wildman–Crippen LogP) is 2.52. The summed E-state index contributed by atoms with van der Waals surface area (Å²) in [5, 5.41) is 6.83. The van der Waals surface area contributed by atoms with Crippen LogP contribution in [0.15, 0.2) is 18.2 Å². The van der Waals surface area contributed by atoms with Gasteiger partial charge in [0, 0.05) is 18.6 Å². The van der Waals surface area contributed by atoms with Gasteiger partial charge >= 0.3 is 0 Å². The van der Waals surface area contributed by atoms with Gasteiger partial charge in [-0.2, -0.15) is 0 Å². The van der Waals surface area contributed by atoms with Gasteiger partial charge in [-0.25, -0.2) is 0 Å². The molecule has 1 aromatic rings. The molecule has 0 saturated heterocycles. The Balaban J connectivity index is 2.85. The molecule has 3 heteroatoms. The standard InChI is InChI=1S/C15H26N2O/c1-6-12-9-13(7-8-15(12)18-5)14(16-4)10-17-11(2)3/h7-9,11,14,16-17H,6,10H2,1-5H3. The zero-order valence-corrected chi connectivity index (χ0v) is 12.2. The third kappa shape index (κ3) is 4.00. The number of ether oxygens (including phenoxy) is 1. The topological polar surface area (TPSA) is 33.3 Å². The summed E-state index contributed by atoms with van der Waals surface area (Å²) in [6.45, 7) is 7.42. The van der Waals surface area contributed by atoms with Crippen LogP contribution in [0, 0.1) is 0 Å². The highest BCUT2D eigenvalue weighted by molar-refractivity contribution is 5.38. The van der Waals surface area contributed by atoms with Crippen molar-refractivity contribution in [3.8, 4) is 5.75 Å². The van der Waals surface area contributed by atoms with Crippen LogP contribution in [0.3, 0.4) is 0 Å². The van der Waals surface area contributed by atoms with E-state index >= 15 is 0 Å². The summed E-state index contributed by atoms with van der Waals surface area (Å²) in [5.74, 6) is 0.980. The van der Waals surface area contributed by atoms with Crippen LogP contribution >= 0.6 is 0 Å². The molecule has 0 aliphatic carbocycles. The van der Waals surface area contributed by atoms with Crippen molar-refractivity contribution in [3.63, 3.8) is 0 Å². The molecule has 0 spiro atoms. The van der Waals surface area contributed by atoms with E-state index in [4.69, 9.17) is 4.74 Å². The van der Waals surface area contributed by atoms with E-state index < -0.39 is 0 Å². The molecule has 0 aliphatic heterocycles. The van der Waals surface area contributed by atoms with Crippen LogP contribution in [0.1, 0.15) is 37.9 Å². The quantitative estimate of drug-likeness (QED) is 0.780. The number of likely N-dealkylation sites (N-methyl/N-ethyl adjacent to an activating group) is 1. The molecular formula is C15H26N2O. The Hall–Kier alpha value is -1.06. The first-order chi connectivity index (χ1) is 8.62. The van der Waals surface area contributed by atoms with Crippen LogP contribution < -0.4 is 15.4 Å². The number of methoxy groups -OCH3 is 1. The number of rotatable bonds is 7. The molecule has 0 saturated carbocycles. The van der Waals surface area contributed by atoms with Crippen molar-refractivity contribution >= 4 is 0 Å². The van der Waals surface area contributed by atoms with Crippen LogP contribution in [0.5, 0.6) is 5.75 Å². The molecule has 0 aliphatic rings. The van der Waals surface area contributed by atoms with E-state index in [1.165, 1.54) is 11.1 Å². The van der Waals surface area contributed by atoms with E-state index in [2.05, 4.69) is 49.6 Å². The summed E-state index contributed by atoms with van der Waals surface area (Å²) in [6.07, 6.45) is 0.991. The molecule has 3 nitrogen and oxygen atoms in total. The fourth-order valence-corrected chi connectivity index (χ4v) is 2.03. The second kappa shape index (κ2) is 7.39. The Kier molecular flexibility index (Phi) is 6.16. The van der Waals surface area contributed by atoms with Crippen molar-refractivity contribution in [3.05, 3.63) is 29.3 Å². The number of nitrogens with one attached hydrogen (secondary N) is 2. The fraction of sp³-hybridized carbons (Fsp3) is 0.600. The molecule has 18 heavy (non-hydrogen) atoms. The molecular weight excluding hydrogens is 224 g/mol. The van der Waals surface area contributed by atoms with Gasteiger partial charge in [-0.15, -0.1) is 0 Å². The first kappa shape index (κ1) is 15.0. The summed E-state index contributed by atoms with van der Waals surface area (Å²) >= 11 is 0. The van der Waals surface area contributed by atoms with Crippen molar-refractivity contribution in [2.75, 3.05) is 20.7 Å². The summed E-state index contributed by atoms with van der Waals surface area (Å²) in [7, 11) is 3.73. The molecule has 1 unspecified atom stereocenters. The van der Waals surface area contributed by atoms with Gasteiger partial charge in [-0.3, -0.25) is 0 Å². The molecule has 1 aromatic carbocycles. The molecule has 0 aromatic heterocycles. The maximum atomic E-state index is 5.37. The number of hydrogen-bond donors (Lipinski definition) is 2. The first-order valence-corrected chi connectivity index (χ1v) is 6.69. The van der Waals surface area contributed by atoms with E-state index in [-0.39, 0.29) is 0 Å². The van der Waals surface area contributed by atoms with Gasteiger partial charge in [-0.05, 0) is 30.7 Å². The van der Waals surface area contributed by atoms with Crippen molar-refractivity contribution in [2.45, 2.75) is 39.3 Å². The Morgan fingerprint density at radius 2 is 2.00 bits per heavy atom. The molecule has 1 rings (SSSR count). The van der Waals surface area contributed by atoms with Crippen LogP contribution in [0.25, 0.3) is 0 Å². The molecule has 0 fully saturated rings. The number of aryl methyl sites for hydroxylation is 1. The third-order valence-electron chi connectivity index (χ3n) is 3.17.